The van der Waals surface area contributed by atoms with Crippen LogP contribution in [0.1, 0.15) is 47.2 Å². The molecule has 1 amide bonds. The van der Waals surface area contributed by atoms with E-state index in [4.69, 9.17) is 16.2 Å². The van der Waals surface area contributed by atoms with Gasteiger partial charge in [0.15, 0.2) is 5.78 Å². The minimum absolute atomic E-state index is 0.0667. The lowest BCUT2D eigenvalue weighted by Crippen LogP contribution is -2.51. The van der Waals surface area contributed by atoms with Crippen LogP contribution in [0.3, 0.4) is 0 Å². The number of rotatable bonds is 15. The number of benzene rings is 2. The molecule has 0 radical (unpaired) electrons. The van der Waals surface area contributed by atoms with E-state index in [9.17, 15) is 24.3 Å². The molecule has 0 heterocycles. The fourth-order valence-electron chi connectivity index (χ4n) is 3.42. The van der Waals surface area contributed by atoms with E-state index < -0.39 is 36.4 Å². The first-order chi connectivity index (χ1) is 16.7. The Morgan fingerprint density at radius 2 is 1.51 bits per heavy atom. The summed E-state index contributed by atoms with van der Waals surface area (Å²) in [7, 11) is 0. The highest BCUT2D eigenvalue weighted by atomic mass is 16.4. The highest BCUT2D eigenvalue weighted by Crippen LogP contribution is 2.09. The zero-order chi connectivity index (χ0) is 25.8. The maximum atomic E-state index is 12.6. The van der Waals surface area contributed by atoms with Gasteiger partial charge in [-0.2, -0.15) is 0 Å². The predicted octanol–water partition coefficient (Wildman–Crippen LogP) is 1.57. The van der Waals surface area contributed by atoms with Gasteiger partial charge in [-0.1, -0.05) is 54.6 Å². The normalized spacial score (nSPS) is 12.3. The Morgan fingerprint density at radius 3 is 2.09 bits per heavy atom. The number of amides is 1. The van der Waals surface area contributed by atoms with Gasteiger partial charge in [-0.25, -0.2) is 4.79 Å². The van der Waals surface area contributed by atoms with Crippen LogP contribution in [0.2, 0.25) is 0 Å². The summed E-state index contributed by atoms with van der Waals surface area (Å²) in [6.07, 6.45) is 0.831. The van der Waals surface area contributed by atoms with Crippen LogP contribution in [0.15, 0.2) is 54.6 Å². The Labute approximate surface area is 203 Å². The molecule has 35 heavy (non-hydrogen) atoms. The van der Waals surface area contributed by atoms with Crippen LogP contribution < -0.4 is 16.4 Å². The number of nitrogens with one attached hydrogen (secondary N) is 3. The summed E-state index contributed by atoms with van der Waals surface area (Å²) in [6, 6.07) is 12.9. The fraction of sp³-hybridized carbons (Fsp3) is 0.320. The van der Waals surface area contributed by atoms with Crippen molar-refractivity contribution in [2.24, 2.45) is 5.73 Å². The molecule has 0 bridgehead atoms. The Hall–Kier alpha value is -4.05. The van der Waals surface area contributed by atoms with Gasteiger partial charge in [0.05, 0.1) is 12.5 Å². The van der Waals surface area contributed by atoms with Crippen LogP contribution in [0, 0.1) is 5.41 Å². The highest BCUT2D eigenvalue weighted by molar-refractivity contribution is 5.99. The number of hydrogen-bond acceptors (Lipinski definition) is 6. The van der Waals surface area contributed by atoms with Crippen LogP contribution >= 0.6 is 0 Å². The Balaban J connectivity index is 1.84. The minimum atomic E-state index is -1.22. The summed E-state index contributed by atoms with van der Waals surface area (Å²) in [6.45, 7) is 0.276. The number of Topliss-reactive ketones (excluding diaryl/α,β-unsaturated/α-hetero) is 1. The van der Waals surface area contributed by atoms with Crippen LogP contribution in [0.25, 0.3) is 0 Å². The number of nitrogens with two attached hydrogens (primary N) is 1. The molecule has 2 aromatic carbocycles. The molecule has 186 valence electrons. The molecule has 0 spiro atoms. The first-order valence-corrected chi connectivity index (χ1v) is 11.2. The van der Waals surface area contributed by atoms with Crippen molar-refractivity contribution in [1.82, 2.24) is 10.6 Å². The van der Waals surface area contributed by atoms with Crippen molar-refractivity contribution in [3.63, 3.8) is 0 Å². The van der Waals surface area contributed by atoms with Crippen LogP contribution in [-0.4, -0.2) is 58.3 Å². The molecule has 0 aliphatic heterocycles. The van der Waals surface area contributed by atoms with Crippen LogP contribution in [0.5, 0.6) is 0 Å². The van der Waals surface area contributed by atoms with E-state index in [-0.39, 0.29) is 31.0 Å². The van der Waals surface area contributed by atoms with E-state index in [0.717, 1.165) is 5.56 Å². The number of aliphatic carboxylic acids is 2. The topological polar surface area (TPSA) is 183 Å². The molecular formula is C25H30N4O6. The lowest BCUT2D eigenvalue weighted by molar-refractivity contribution is -0.143. The Kier molecular flexibility index (Phi) is 10.6. The Bertz CT molecular complexity index is 1040. The molecule has 0 aliphatic carbocycles. The summed E-state index contributed by atoms with van der Waals surface area (Å²) >= 11 is 0. The van der Waals surface area contributed by atoms with Crippen molar-refractivity contribution in [3.8, 4) is 0 Å². The van der Waals surface area contributed by atoms with E-state index in [1.807, 2.05) is 0 Å². The number of carbonyl (C=O) groups is 4. The quantitative estimate of drug-likeness (QED) is 0.0956. The van der Waals surface area contributed by atoms with Crippen molar-refractivity contribution in [1.29, 1.82) is 5.41 Å². The van der Waals surface area contributed by atoms with E-state index >= 15 is 0 Å². The van der Waals surface area contributed by atoms with Crippen molar-refractivity contribution in [2.75, 3.05) is 6.54 Å². The van der Waals surface area contributed by atoms with Crippen molar-refractivity contribution in [2.45, 2.75) is 44.2 Å². The molecule has 0 aliphatic rings. The van der Waals surface area contributed by atoms with Crippen molar-refractivity contribution >= 4 is 29.5 Å². The number of nitrogen functional groups attached to an aromatic ring is 1. The number of amidine groups is 1. The third-order valence-corrected chi connectivity index (χ3v) is 5.33. The van der Waals surface area contributed by atoms with Crippen LogP contribution in [0.4, 0.5) is 0 Å². The van der Waals surface area contributed by atoms with Gasteiger partial charge in [0.1, 0.15) is 11.9 Å². The molecule has 0 saturated carbocycles. The largest absolute Gasteiger partial charge is 0.481 e. The standard InChI is InChI=1S/C25H30N4O6/c26-23(27)18-11-9-17(10-12-18)21(30)8-4-5-13-28-19(15-22(31)32)24(33)29-20(25(34)35)14-16-6-2-1-3-7-16/h1-3,6-7,9-12,19-20,28H,4-5,8,13-15H2,(H3,26,27)(H,29,33)(H,31,32)(H,34,35)/t19-,20-/m0/s1. The van der Waals surface area contributed by atoms with Gasteiger partial charge in [-0.3, -0.25) is 19.8 Å². The van der Waals surface area contributed by atoms with Gasteiger partial charge in [-0.15, -0.1) is 0 Å². The fourth-order valence-corrected chi connectivity index (χ4v) is 3.42. The first-order valence-electron chi connectivity index (χ1n) is 11.2. The molecule has 0 fully saturated rings. The van der Waals surface area contributed by atoms with Crippen molar-refractivity contribution < 1.29 is 29.4 Å². The molecule has 0 aromatic heterocycles. The van der Waals surface area contributed by atoms with E-state index in [2.05, 4.69) is 10.6 Å². The zero-order valence-electron chi connectivity index (χ0n) is 19.2. The van der Waals surface area contributed by atoms with Gasteiger partial charge in [0, 0.05) is 24.0 Å². The lowest BCUT2D eigenvalue weighted by Gasteiger charge is -2.20. The number of ketones is 1. The SMILES string of the molecule is N=C(N)c1ccc(C(=O)CCCCN[C@@H](CC(=O)O)C(=O)N[C@@H](Cc2ccccc2)C(=O)O)cc1. The van der Waals surface area contributed by atoms with Gasteiger partial charge >= 0.3 is 11.9 Å². The van der Waals surface area contributed by atoms with E-state index in [1.54, 1.807) is 54.6 Å². The molecular weight excluding hydrogens is 452 g/mol. The number of carboxylic acid groups (broad SMARTS) is 2. The molecule has 7 N–H and O–H groups in total. The first kappa shape index (κ1) is 27.2. The maximum absolute atomic E-state index is 12.6. The third-order valence-electron chi connectivity index (χ3n) is 5.33. The number of carboxylic acids is 2. The summed E-state index contributed by atoms with van der Waals surface area (Å²) in [4.78, 5) is 47.8. The van der Waals surface area contributed by atoms with Crippen molar-refractivity contribution in [3.05, 3.63) is 71.3 Å². The lowest BCUT2D eigenvalue weighted by atomic mass is 10.0. The molecule has 10 heteroatoms. The Morgan fingerprint density at radius 1 is 0.886 bits per heavy atom. The molecule has 0 unspecified atom stereocenters. The molecule has 2 aromatic rings. The molecule has 2 rings (SSSR count). The number of carbonyl (C=O) groups excluding carboxylic acids is 2. The minimum Gasteiger partial charge on any atom is -0.481 e. The van der Waals surface area contributed by atoms with Gasteiger partial charge in [0.25, 0.3) is 0 Å². The maximum Gasteiger partial charge on any atom is 0.326 e. The average molecular weight is 483 g/mol. The smallest absolute Gasteiger partial charge is 0.326 e. The second kappa shape index (κ2) is 13.6. The molecule has 0 saturated heterocycles. The summed E-state index contributed by atoms with van der Waals surface area (Å²) in [5, 5.41) is 31.3. The van der Waals surface area contributed by atoms with Gasteiger partial charge in [0.2, 0.25) is 5.91 Å². The van der Waals surface area contributed by atoms with Gasteiger partial charge in [-0.05, 0) is 24.9 Å². The molecule has 2 atom stereocenters. The predicted molar refractivity (Wildman–Crippen MR) is 129 cm³/mol. The summed E-state index contributed by atoms with van der Waals surface area (Å²) < 4.78 is 0. The number of hydrogen-bond donors (Lipinski definition) is 6. The second-order valence-corrected chi connectivity index (χ2v) is 8.07. The van der Waals surface area contributed by atoms with E-state index in [0.29, 0.717) is 24.0 Å². The highest BCUT2D eigenvalue weighted by Gasteiger charge is 2.27. The second-order valence-electron chi connectivity index (χ2n) is 8.07. The van der Waals surface area contributed by atoms with Gasteiger partial charge < -0.3 is 26.6 Å². The molecule has 10 nitrogen and oxygen atoms in total. The van der Waals surface area contributed by atoms with E-state index in [1.165, 1.54) is 0 Å². The third kappa shape index (κ3) is 9.38. The number of unbranched alkanes of at least 4 members (excludes halogenated alkanes) is 1. The summed E-state index contributed by atoms with van der Waals surface area (Å²) in [5.74, 6) is -3.28. The zero-order valence-corrected chi connectivity index (χ0v) is 19.2. The van der Waals surface area contributed by atoms with Crippen LogP contribution in [-0.2, 0) is 20.8 Å². The average Bonchev–Trinajstić information content (AvgIpc) is 2.82. The summed E-state index contributed by atoms with van der Waals surface area (Å²) in [5.41, 5.74) is 7.16. The monoisotopic (exact) mass is 482 g/mol.